The number of hydrogen-bond acceptors (Lipinski definition) is 1. The molecule has 82 valence electrons. The lowest BCUT2D eigenvalue weighted by atomic mass is 10.2. The van der Waals surface area contributed by atoms with E-state index in [2.05, 4.69) is 5.73 Å². The first kappa shape index (κ1) is 11.2. The summed E-state index contributed by atoms with van der Waals surface area (Å²) in [4.78, 5) is 10.2. The van der Waals surface area contributed by atoms with Crippen LogP contribution in [0.25, 0.3) is 0 Å². The predicted molar refractivity (Wildman–Crippen MR) is 39.4 cm³/mol. The molecule has 3 nitrogen and oxygen atoms in total. The molecule has 0 saturated heterocycles. The van der Waals surface area contributed by atoms with Crippen LogP contribution in [0, 0.1) is 29.1 Å². The van der Waals surface area contributed by atoms with Gasteiger partial charge in [-0.3, -0.25) is 0 Å². The Labute approximate surface area is 79.7 Å². The van der Waals surface area contributed by atoms with E-state index in [4.69, 9.17) is 0 Å². The highest BCUT2D eigenvalue weighted by atomic mass is 19.2. The van der Waals surface area contributed by atoms with Crippen LogP contribution in [-0.4, -0.2) is 6.03 Å². The van der Waals surface area contributed by atoms with Gasteiger partial charge in [0.25, 0.3) is 0 Å². The zero-order chi connectivity index (χ0) is 11.7. The zero-order valence-corrected chi connectivity index (χ0v) is 6.88. The summed E-state index contributed by atoms with van der Waals surface area (Å²) in [6, 6.07) is -1.45. The molecular formula is C7H3F5N2O. The fourth-order valence-corrected chi connectivity index (χ4v) is 0.838. The number of amides is 2. The quantitative estimate of drug-likeness (QED) is 0.428. The summed E-state index contributed by atoms with van der Waals surface area (Å²) in [7, 11) is 0. The van der Waals surface area contributed by atoms with E-state index in [1.54, 1.807) is 0 Å². The summed E-state index contributed by atoms with van der Waals surface area (Å²) in [6.45, 7) is 0. The van der Waals surface area contributed by atoms with Crippen molar-refractivity contribution < 1.29 is 26.7 Å². The van der Waals surface area contributed by atoms with Gasteiger partial charge in [0.1, 0.15) is 5.69 Å². The lowest BCUT2D eigenvalue weighted by Gasteiger charge is -2.07. The van der Waals surface area contributed by atoms with Crippen LogP contribution in [-0.2, 0) is 0 Å². The molecule has 0 bridgehead atoms. The second-order valence-corrected chi connectivity index (χ2v) is 2.43. The van der Waals surface area contributed by atoms with Crippen LogP contribution >= 0.6 is 0 Å². The number of nitrogens with one attached hydrogen (secondary N) is 1. The van der Waals surface area contributed by atoms with Gasteiger partial charge in [-0.2, -0.15) is 0 Å². The van der Waals surface area contributed by atoms with Crippen molar-refractivity contribution in [3.8, 4) is 0 Å². The van der Waals surface area contributed by atoms with Crippen LogP contribution in [0.1, 0.15) is 0 Å². The average Bonchev–Trinajstić information content (AvgIpc) is 2.18. The fourth-order valence-electron chi connectivity index (χ4n) is 0.838. The lowest BCUT2D eigenvalue weighted by Crippen LogP contribution is -2.22. The Kier molecular flexibility index (Phi) is 2.78. The third-order valence-electron chi connectivity index (χ3n) is 1.46. The predicted octanol–water partition coefficient (Wildman–Crippen LogP) is 1.87. The highest BCUT2D eigenvalue weighted by Crippen LogP contribution is 2.26. The molecule has 0 radical (unpaired) electrons. The van der Waals surface area contributed by atoms with Crippen molar-refractivity contribution >= 4 is 11.7 Å². The SMILES string of the molecule is NC(=O)Nc1c(F)c(F)c(F)c(F)c1F. The molecule has 1 aromatic carbocycles. The van der Waals surface area contributed by atoms with Crippen LogP contribution < -0.4 is 11.1 Å². The Balaban J connectivity index is 3.45. The van der Waals surface area contributed by atoms with E-state index < -0.39 is 40.8 Å². The molecule has 1 aromatic rings. The highest BCUT2D eigenvalue weighted by molar-refractivity contribution is 5.88. The second kappa shape index (κ2) is 3.71. The number of carbonyl (C=O) groups excluding carboxylic acids is 1. The van der Waals surface area contributed by atoms with Crippen LogP contribution in [0.4, 0.5) is 32.4 Å². The van der Waals surface area contributed by atoms with Crippen molar-refractivity contribution in [2.45, 2.75) is 0 Å². The number of carbonyl (C=O) groups is 1. The number of urea groups is 1. The summed E-state index contributed by atoms with van der Waals surface area (Å²) in [5, 5.41) is 1.29. The molecule has 0 spiro atoms. The molecule has 15 heavy (non-hydrogen) atoms. The van der Waals surface area contributed by atoms with Crippen LogP contribution in [0.5, 0.6) is 0 Å². The highest BCUT2D eigenvalue weighted by Gasteiger charge is 2.26. The molecule has 0 aliphatic heterocycles. The van der Waals surface area contributed by atoms with E-state index >= 15 is 0 Å². The summed E-state index contributed by atoms with van der Waals surface area (Å²) in [5.74, 6) is -10.9. The van der Waals surface area contributed by atoms with Crippen molar-refractivity contribution in [1.29, 1.82) is 0 Å². The number of anilines is 1. The molecule has 0 heterocycles. The Morgan fingerprint density at radius 2 is 1.20 bits per heavy atom. The van der Waals surface area contributed by atoms with Gasteiger partial charge >= 0.3 is 6.03 Å². The van der Waals surface area contributed by atoms with E-state index in [9.17, 15) is 26.7 Å². The molecule has 0 fully saturated rings. The van der Waals surface area contributed by atoms with E-state index in [0.29, 0.717) is 0 Å². The normalized spacial score (nSPS) is 10.2. The van der Waals surface area contributed by atoms with Gasteiger partial charge < -0.3 is 11.1 Å². The zero-order valence-electron chi connectivity index (χ0n) is 6.88. The smallest absolute Gasteiger partial charge is 0.316 e. The van der Waals surface area contributed by atoms with Crippen molar-refractivity contribution in [3.05, 3.63) is 29.1 Å². The summed E-state index contributed by atoms with van der Waals surface area (Å²) in [6.07, 6.45) is 0. The third-order valence-corrected chi connectivity index (χ3v) is 1.46. The first-order chi connectivity index (χ1) is 6.86. The van der Waals surface area contributed by atoms with Gasteiger partial charge in [0.15, 0.2) is 23.3 Å². The number of primary amides is 1. The van der Waals surface area contributed by atoms with Gasteiger partial charge in [-0.15, -0.1) is 0 Å². The largest absolute Gasteiger partial charge is 0.351 e. The maximum atomic E-state index is 12.8. The topological polar surface area (TPSA) is 55.1 Å². The molecule has 2 amide bonds. The van der Waals surface area contributed by atoms with Gasteiger partial charge in [-0.1, -0.05) is 0 Å². The maximum absolute atomic E-state index is 12.8. The third kappa shape index (κ3) is 1.83. The molecule has 0 aliphatic rings. The lowest BCUT2D eigenvalue weighted by molar-refractivity contribution is 0.259. The first-order valence-electron chi connectivity index (χ1n) is 3.44. The molecular weight excluding hydrogens is 223 g/mol. The second-order valence-electron chi connectivity index (χ2n) is 2.43. The van der Waals surface area contributed by atoms with Crippen LogP contribution in [0.2, 0.25) is 0 Å². The van der Waals surface area contributed by atoms with Gasteiger partial charge in [-0.25, -0.2) is 26.7 Å². The number of rotatable bonds is 1. The van der Waals surface area contributed by atoms with Crippen molar-refractivity contribution in [2.75, 3.05) is 5.32 Å². The molecule has 0 atom stereocenters. The van der Waals surface area contributed by atoms with E-state index in [1.165, 1.54) is 5.32 Å². The Bertz CT molecular complexity index is 405. The standard InChI is InChI=1S/C7H3F5N2O/c8-1-2(9)4(11)6(14-7(13)15)5(12)3(1)10/h(H3,13,14,15). The fraction of sp³-hybridized carbons (Fsp3) is 0. The monoisotopic (exact) mass is 226 g/mol. The summed E-state index contributed by atoms with van der Waals surface area (Å²) in [5.41, 5.74) is 3.01. The summed E-state index contributed by atoms with van der Waals surface area (Å²) >= 11 is 0. The van der Waals surface area contributed by atoms with Gasteiger partial charge in [0.2, 0.25) is 5.82 Å². The minimum Gasteiger partial charge on any atom is -0.351 e. The van der Waals surface area contributed by atoms with E-state index in [0.717, 1.165) is 0 Å². The molecule has 0 aromatic heterocycles. The van der Waals surface area contributed by atoms with Crippen LogP contribution in [0.3, 0.4) is 0 Å². The molecule has 0 aliphatic carbocycles. The van der Waals surface area contributed by atoms with Crippen LogP contribution in [0.15, 0.2) is 0 Å². The Morgan fingerprint density at radius 3 is 1.53 bits per heavy atom. The van der Waals surface area contributed by atoms with Crippen molar-refractivity contribution in [3.63, 3.8) is 0 Å². The maximum Gasteiger partial charge on any atom is 0.316 e. The minimum absolute atomic E-state index is 1.29. The Morgan fingerprint density at radius 1 is 0.867 bits per heavy atom. The van der Waals surface area contributed by atoms with Gasteiger partial charge in [-0.05, 0) is 0 Å². The van der Waals surface area contributed by atoms with E-state index in [-0.39, 0.29) is 0 Å². The molecule has 3 N–H and O–H groups in total. The molecule has 1 rings (SSSR count). The first-order valence-corrected chi connectivity index (χ1v) is 3.44. The van der Waals surface area contributed by atoms with E-state index in [1.807, 2.05) is 0 Å². The number of halogens is 5. The van der Waals surface area contributed by atoms with Gasteiger partial charge in [0.05, 0.1) is 0 Å². The average molecular weight is 226 g/mol. The number of nitrogens with two attached hydrogens (primary N) is 1. The van der Waals surface area contributed by atoms with Crippen molar-refractivity contribution in [1.82, 2.24) is 0 Å². The number of hydrogen-bond donors (Lipinski definition) is 2. The Hall–Kier alpha value is -1.86. The molecule has 0 unspecified atom stereocenters. The van der Waals surface area contributed by atoms with Crippen molar-refractivity contribution in [2.24, 2.45) is 5.73 Å². The minimum atomic E-state index is -2.31. The molecule has 8 heteroatoms. The number of benzene rings is 1. The summed E-state index contributed by atoms with van der Waals surface area (Å²) < 4.78 is 63.0. The van der Waals surface area contributed by atoms with Gasteiger partial charge in [0, 0.05) is 0 Å². The molecule has 0 saturated carbocycles.